The summed E-state index contributed by atoms with van der Waals surface area (Å²) in [5, 5.41) is 10.2. The first-order chi connectivity index (χ1) is 19.1. The first kappa shape index (κ1) is 29.7. The van der Waals surface area contributed by atoms with E-state index in [9.17, 15) is 44.7 Å². The molecule has 2 heterocycles. The maximum Gasteiger partial charge on any atom is 0.416 e. The quantitative estimate of drug-likeness (QED) is 0.279. The Morgan fingerprint density at radius 2 is 1.71 bits per heavy atom. The van der Waals surface area contributed by atoms with Crippen LogP contribution in [-0.4, -0.2) is 45.1 Å². The zero-order chi connectivity index (χ0) is 30.2. The molecule has 0 unspecified atom stereocenters. The van der Waals surface area contributed by atoms with E-state index < -0.39 is 90.0 Å². The van der Waals surface area contributed by atoms with Gasteiger partial charge in [0.05, 0.1) is 6.61 Å². The molecule has 1 atom stereocenters. The van der Waals surface area contributed by atoms with Crippen LogP contribution in [0.25, 0.3) is 11.3 Å². The molecule has 0 bridgehead atoms. The third-order valence-corrected chi connectivity index (χ3v) is 6.22. The lowest BCUT2D eigenvalue weighted by Crippen LogP contribution is -2.59. The fraction of sp³-hybridized carbons (Fsp3) is 0.333. The molecule has 2 N–H and O–H groups in total. The molecule has 1 aliphatic rings. The van der Waals surface area contributed by atoms with Gasteiger partial charge in [0.2, 0.25) is 0 Å². The molecule has 41 heavy (non-hydrogen) atoms. The largest absolute Gasteiger partial charge is 0.493 e. The van der Waals surface area contributed by atoms with Gasteiger partial charge in [0.15, 0.2) is 5.54 Å². The molecule has 220 valence electrons. The van der Waals surface area contributed by atoms with Crippen LogP contribution in [0, 0.1) is 5.82 Å². The van der Waals surface area contributed by atoms with Crippen LogP contribution in [0.5, 0.6) is 5.75 Å². The molecule has 0 radical (unpaired) electrons. The zero-order valence-electron chi connectivity index (χ0n) is 20.4. The van der Waals surface area contributed by atoms with Crippen molar-refractivity contribution in [1.29, 1.82) is 0 Å². The lowest BCUT2D eigenvalue weighted by Gasteiger charge is -2.41. The summed E-state index contributed by atoms with van der Waals surface area (Å²) in [6.45, 7) is -0.503. The fourth-order valence-corrected chi connectivity index (χ4v) is 4.30. The van der Waals surface area contributed by atoms with E-state index in [-0.39, 0.29) is 11.3 Å². The average molecular weight is 595 g/mol. The normalized spacial score (nSPS) is 18.1. The first-order valence-electron chi connectivity index (χ1n) is 11.6. The van der Waals surface area contributed by atoms with Crippen molar-refractivity contribution in [1.82, 2.24) is 25.5 Å². The second kappa shape index (κ2) is 10.9. The number of nitrogens with one attached hydrogen (secondary N) is 2. The number of alkyl halides is 8. The highest BCUT2D eigenvalue weighted by Crippen LogP contribution is 2.50. The van der Waals surface area contributed by atoms with Crippen LogP contribution >= 0.6 is 0 Å². The molecule has 1 aliphatic heterocycles. The van der Waals surface area contributed by atoms with Crippen molar-refractivity contribution in [2.24, 2.45) is 0 Å². The van der Waals surface area contributed by atoms with Gasteiger partial charge in [-0.25, -0.2) is 23.1 Å². The number of ether oxygens (including phenoxy) is 1. The maximum atomic E-state index is 15.2. The topological polar surface area (TPSA) is 102 Å². The van der Waals surface area contributed by atoms with Crippen LogP contribution in [0.15, 0.2) is 47.3 Å². The second-order valence-electron chi connectivity index (χ2n) is 8.91. The average Bonchev–Trinajstić information content (AvgIpc) is 3.30. The van der Waals surface area contributed by atoms with Gasteiger partial charge in [-0.3, -0.25) is 4.79 Å². The summed E-state index contributed by atoms with van der Waals surface area (Å²) in [5.41, 5.74) is -7.46. The van der Waals surface area contributed by atoms with Crippen molar-refractivity contribution < 1.29 is 49.0 Å². The van der Waals surface area contributed by atoms with Gasteiger partial charge >= 0.3 is 18.0 Å². The summed E-state index contributed by atoms with van der Waals surface area (Å²) in [4.78, 5) is 25.4. The van der Waals surface area contributed by atoms with E-state index >= 15 is 4.39 Å². The minimum atomic E-state index is -5.37. The number of carbonyl (C=O) groups excluding carboxylic acids is 1. The Hall–Kier alpha value is -4.31. The zero-order valence-corrected chi connectivity index (χ0v) is 20.4. The van der Waals surface area contributed by atoms with E-state index in [2.05, 4.69) is 10.4 Å². The number of amides is 1. The van der Waals surface area contributed by atoms with Crippen LogP contribution in [-0.2, 0) is 10.3 Å². The number of rotatable bonds is 8. The number of hydrogen-bond acceptors (Lipinski definition) is 5. The number of hydrogen-bond donors (Lipinski definition) is 2. The number of carbonyl (C=O) groups is 1. The standard InChI is InChI=1S/C24H18F9N5O3/c25-17-10-14(41-9-1-8-23(28,29)30)6-7-16(17)22(24(31,32)33)11-15(12-2-4-13(5-3-12)19(26)27)18(20(39)34-22)38-21(40)35-36-37-38/h2-7,10,19H,1,8-9,11H2,(H,34,39)(H,35,37,40)/t22-/m0/s1. The molecule has 1 aromatic heterocycles. The Kier molecular flexibility index (Phi) is 7.91. The van der Waals surface area contributed by atoms with Crippen LogP contribution in [0.3, 0.4) is 0 Å². The van der Waals surface area contributed by atoms with Crippen molar-refractivity contribution >= 4 is 17.2 Å². The molecule has 0 saturated heterocycles. The van der Waals surface area contributed by atoms with E-state index in [1.807, 2.05) is 5.10 Å². The number of benzene rings is 2. The van der Waals surface area contributed by atoms with E-state index in [4.69, 9.17) is 4.74 Å². The third-order valence-electron chi connectivity index (χ3n) is 6.22. The molecule has 4 rings (SSSR count). The van der Waals surface area contributed by atoms with Crippen molar-refractivity contribution in [2.75, 3.05) is 6.61 Å². The summed E-state index contributed by atoms with van der Waals surface area (Å²) in [5.74, 6) is -3.38. The number of aromatic amines is 1. The molecular weight excluding hydrogens is 577 g/mol. The minimum Gasteiger partial charge on any atom is -0.493 e. The number of aromatic nitrogens is 4. The molecule has 1 amide bonds. The van der Waals surface area contributed by atoms with E-state index in [0.29, 0.717) is 16.8 Å². The smallest absolute Gasteiger partial charge is 0.416 e. The Labute approximate surface area is 223 Å². The molecular formula is C24H18F9N5O3. The lowest BCUT2D eigenvalue weighted by atomic mass is 9.77. The minimum absolute atomic E-state index is 0.173. The molecule has 17 heteroatoms. The Morgan fingerprint density at radius 1 is 1.02 bits per heavy atom. The van der Waals surface area contributed by atoms with E-state index in [1.54, 1.807) is 5.32 Å². The Bertz CT molecular complexity index is 1510. The maximum absolute atomic E-state index is 15.2. The van der Waals surface area contributed by atoms with Crippen molar-refractivity contribution in [3.63, 3.8) is 0 Å². The number of nitrogens with zero attached hydrogens (tertiary/aromatic N) is 3. The molecule has 0 spiro atoms. The number of tetrazole rings is 1. The van der Waals surface area contributed by atoms with Crippen molar-refractivity contribution in [3.8, 4) is 5.75 Å². The summed E-state index contributed by atoms with van der Waals surface area (Å²) in [6, 6.07) is 5.91. The summed E-state index contributed by atoms with van der Waals surface area (Å²) in [7, 11) is 0. The van der Waals surface area contributed by atoms with Gasteiger partial charge in [-0.15, -0.1) is 0 Å². The lowest BCUT2D eigenvalue weighted by molar-refractivity contribution is -0.202. The Balaban J connectivity index is 1.80. The SMILES string of the molecule is O=C1N[C@@](c2ccc(OCCCC(F)(F)F)cc2F)(C(F)(F)F)CC(c2ccc(C(F)F)cc2)=C1n1nn[nH]c1=O. The van der Waals surface area contributed by atoms with Gasteiger partial charge in [-0.2, -0.15) is 31.0 Å². The summed E-state index contributed by atoms with van der Waals surface area (Å²) < 4.78 is 128. The summed E-state index contributed by atoms with van der Waals surface area (Å²) in [6.07, 6.45) is -15.6. The van der Waals surface area contributed by atoms with Crippen molar-refractivity contribution in [3.05, 3.63) is 75.5 Å². The van der Waals surface area contributed by atoms with E-state index in [0.717, 1.165) is 30.3 Å². The first-order valence-corrected chi connectivity index (χ1v) is 11.6. The molecule has 0 saturated carbocycles. The van der Waals surface area contributed by atoms with Crippen LogP contribution < -0.4 is 15.7 Å². The van der Waals surface area contributed by atoms with Crippen LogP contribution in [0.4, 0.5) is 39.5 Å². The van der Waals surface area contributed by atoms with Gasteiger partial charge in [0.25, 0.3) is 12.3 Å². The Morgan fingerprint density at radius 3 is 2.24 bits per heavy atom. The highest BCUT2D eigenvalue weighted by atomic mass is 19.4. The van der Waals surface area contributed by atoms with Gasteiger partial charge < -0.3 is 10.1 Å². The molecule has 8 nitrogen and oxygen atoms in total. The number of halogens is 9. The molecule has 3 aromatic rings. The molecule has 2 aromatic carbocycles. The highest BCUT2D eigenvalue weighted by molar-refractivity contribution is 6.23. The van der Waals surface area contributed by atoms with Crippen LogP contribution in [0.2, 0.25) is 0 Å². The predicted molar refractivity (Wildman–Crippen MR) is 123 cm³/mol. The third kappa shape index (κ3) is 6.07. The monoisotopic (exact) mass is 595 g/mol. The predicted octanol–water partition coefficient (Wildman–Crippen LogP) is 5.11. The van der Waals surface area contributed by atoms with Gasteiger partial charge in [0.1, 0.15) is 17.3 Å². The van der Waals surface area contributed by atoms with Crippen LogP contribution in [0.1, 0.15) is 42.4 Å². The molecule has 0 fully saturated rings. The van der Waals surface area contributed by atoms with Crippen molar-refractivity contribution in [2.45, 2.75) is 43.6 Å². The van der Waals surface area contributed by atoms with Gasteiger partial charge in [-0.1, -0.05) is 24.3 Å². The highest BCUT2D eigenvalue weighted by Gasteiger charge is 2.61. The van der Waals surface area contributed by atoms with E-state index in [1.165, 1.54) is 0 Å². The van der Waals surface area contributed by atoms with Gasteiger partial charge in [0, 0.05) is 30.0 Å². The fourth-order valence-electron chi connectivity index (χ4n) is 4.30. The van der Waals surface area contributed by atoms with Gasteiger partial charge in [-0.05, 0) is 40.1 Å². The second-order valence-corrected chi connectivity index (χ2v) is 8.91. The number of H-pyrrole nitrogens is 1. The summed E-state index contributed by atoms with van der Waals surface area (Å²) >= 11 is 0. The molecule has 0 aliphatic carbocycles.